The molecule has 0 bridgehead atoms. The second kappa shape index (κ2) is 6.56. The third-order valence-electron chi connectivity index (χ3n) is 4.65. The van der Waals surface area contributed by atoms with Crippen molar-refractivity contribution in [3.05, 3.63) is 35.9 Å². The topological polar surface area (TPSA) is 62.9 Å². The predicted molar refractivity (Wildman–Crippen MR) is 83.6 cm³/mol. The highest BCUT2D eigenvalue weighted by Gasteiger charge is 2.35. The summed E-state index contributed by atoms with van der Waals surface area (Å²) >= 11 is 0. The Labute approximate surface area is 126 Å². The van der Waals surface area contributed by atoms with Gasteiger partial charge in [-0.05, 0) is 43.5 Å². The van der Waals surface area contributed by atoms with Crippen molar-refractivity contribution in [2.75, 3.05) is 26.4 Å². The molecule has 0 aromatic heterocycles. The van der Waals surface area contributed by atoms with Crippen molar-refractivity contribution < 1.29 is 4.84 Å². The van der Waals surface area contributed by atoms with Gasteiger partial charge in [-0.15, -0.1) is 0 Å². The van der Waals surface area contributed by atoms with E-state index in [0.717, 1.165) is 44.7 Å². The van der Waals surface area contributed by atoms with Gasteiger partial charge in [0.2, 0.25) is 0 Å². The summed E-state index contributed by atoms with van der Waals surface area (Å²) in [5, 5.41) is 0. The normalized spacial score (nSPS) is 21.9. The lowest BCUT2D eigenvalue weighted by molar-refractivity contribution is 0.0975. The molecule has 0 atom stereocenters. The van der Waals surface area contributed by atoms with Crippen molar-refractivity contribution in [1.29, 1.82) is 0 Å². The molecule has 5 heteroatoms. The van der Waals surface area contributed by atoms with E-state index in [1.807, 2.05) is 0 Å². The largest absolute Gasteiger partial charge is 0.330 e. The number of nitrogens with two attached hydrogens (primary N) is 1. The van der Waals surface area contributed by atoms with Crippen LogP contribution < -0.4 is 11.2 Å². The molecule has 3 rings (SSSR count). The molecule has 0 spiro atoms. The van der Waals surface area contributed by atoms with E-state index in [9.17, 15) is 0 Å². The Kier molecular flexibility index (Phi) is 4.53. The minimum absolute atomic E-state index is 0.173. The van der Waals surface area contributed by atoms with E-state index in [1.54, 1.807) is 0 Å². The first-order valence-corrected chi connectivity index (χ1v) is 7.67. The van der Waals surface area contributed by atoms with Crippen LogP contribution in [0.2, 0.25) is 0 Å². The molecule has 2 aliphatic rings. The molecule has 1 saturated heterocycles. The zero-order valence-electron chi connectivity index (χ0n) is 12.4. The van der Waals surface area contributed by atoms with Crippen LogP contribution in [0.1, 0.15) is 24.8 Å². The molecule has 2 heterocycles. The fraction of sp³-hybridized carbons (Fsp3) is 0.562. The van der Waals surface area contributed by atoms with E-state index in [-0.39, 0.29) is 5.41 Å². The van der Waals surface area contributed by atoms with Crippen molar-refractivity contribution in [3.63, 3.8) is 0 Å². The fourth-order valence-electron chi connectivity index (χ4n) is 3.19. The summed E-state index contributed by atoms with van der Waals surface area (Å²) in [5.74, 6) is 0.956. The molecule has 2 aliphatic heterocycles. The van der Waals surface area contributed by atoms with Crippen LogP contribution in [0.4, 0.5) is 0 Å². The van der Waals surface area contributed by atoms with E-state index >= 15 is 0 Å². The Bertz CT molecular complexity index is 480. The van der Waals surface area contributed by atoms with Gasteiger partial charge in [0.1, 0.15) is 5.84 Å². The molecular weight excluding hydrogens is 264 g/mol. The first kappa shape index (κ1) is 14.5. The Morgan fingerprint density at radius 2 is 2.00 bits per heavy atom. The lowest BCUT2D eigenvalue weighted by atomic mass is 9.75. The van der Waals surface area contributed by atoms with E-state index in [4.69, 9.17) is 10.6 Å². The monoisotopic (exact) mass is 288 g/mol. The van der Waals surface area contributed by atoms with Gasteiger partial charge in [-0.2, -0.15) is 0 Å². The Balaban J connectivity index is 1.55. The van der Waals surface area contributed by atoms with Crippen LogP contribution in [0.15, 0.2) is 35.3 Å². The van der Waals surface area contributed by atoms with Gasteiger partial charge in [0, 0.05) is 13.0 Å². The summed E-state index contributed by atoms with van der Waals surface area (Å²) in [5.41, 5.74) is 10.5. The molecule has 0 amide bonds. The number of benzene rings is 1. The predicted octanol–water partition coefficient (Wildman–Crippen LogP) is 1.51. The third-order valence-corrected chi connectivity index (χ3v) is 4.65. The summed E-state index contributed by atoms with van der Waals surface area (Å²) < 4.78 is 0. The third kappa shape index (κ3) is 3.61. The van der Waals surface area contributed by atoms with Crippen LogP contribution >= 0.6 is 0 Å². The average Bonchev–Trinajstić information content (AvgIpc) is 3.03. The maximum absolute atomic E-state index is 6.07. The Morgan fingerprint density at radius 1 is 1.24 bits per heavy atom. The number of nitrogens with one attached hydrogen (secondary N) is 1. The number of likely N-dealkylation sites (tertiary alicyclic amines) is 1. The maximum atomic E-state index is 6.07. The molecule has 0 saturated carbocycles. The highest BCUT2D eigenvalue weighted by molar-refractivity contribution is 5.82. The van der Waals surface area contributed by atoms with E-state index in [2.05, 4.69) is 45.7 Å². The molecule has 1 aromatic rings. The SMILES string of the molecule is NCC1(CC2=NCON2)CCN(Cc2ccccc2)CC1. The first-order valence-electron chi connectivity index (χ1n) is 7.67. The van der Waals surface area contributed by atoms with Gasteiger partial charge in [0.05, 0.1) is 0 Å². The quantitative estimate of drug-likeness (QED) is 0.862. The highest BCUT2D eigenvalue weighted by Crippen LogP contribution is 2.35. The molecule has 1 fully saturated rings. The van der Waals surface area contributed by atoms with Crippen LogP contribution in [0, 0.1) is 5.41 Å². The minimum Gasteiger partial charge on any atom is -0.330 e. The van der Waals surface area contributed by atoms with Gasteiger partial charge in [-0.1, -0.05) is 30.3 Å². The summed E-state index contributed by atoms with van der Waals surface area (Å²) in [6, 6.07) is 10.7. The van der Waals surface area contributed by atoms with Gasteiger partial charge in [-0.3, -0.25) is 15.2 Å². The molecule has 114 valence electrons. The molecule has 3 N–H and O–H groups in total. The van der Waals surface area contributed by atoms with Crippen LogP contribution in [0.3, 0.4) is 0 Å². The second-order valence-electron chi connectivity index (χ2n) is 6.12. The lowest BCUT2D eigenvalue weighted by Gasteiger charge is -2.41. The Morgan fingerprint density at radius 3 is 2.62 bits per heavy atom. The van der Waals surface area contributed by atoms with Crippen LogP contribution in [-0.2, 0) is 11.4 Å². The van der Waals surface area contributed by atoms with Gasteiger partial charge >= 0.3 is 0 Å². The van der Waals surface area contributed by atoms with E-state index in [0.29, 0.717) is 13.3 Å². The van der Waals surface area contributed by atoms with Crippen LogP contribution in [-0.4, -0.2) is 37.1 Å². The smallest absolute Gasteiger partial charge is 0.166 e. The number of hydroxylamine groups is 1. The van der Waals surface area contributed by atoms with Crippen molar-refractivity contribution in [3.8, 4) is 0 Å². The zero-order valence-corrected chi connectivity index (χ0v) is 12.4. The highest BCUT2D eigenvalue weighted by atomic mass is 16.7. The van der Waals surface area contributed by atoms with Crippen molar-refractivity contribution in [2.45, 2.75) is 25.8 Å². The van der Waals surface area contributed by atoms with Gasteiger partial charge in [-0.25, -0.2) is 4.99 Å². The molecule has 0 aliphatic carbocycles. The maximum Gasteiger partial charge on any atom is 0.166 e. The Hall–Kier alpha value is -1.43. The summed E-state index contributed by atoms with van der Waals surface area (Å²) in [6.07, 6.45) is 3.15. The van der Waals surface area contributed by atoms with Crippen LogP contribution in [0.5, 0.6) is 0 Å². The molecule has 1 aromatic carbocycles. The lowest BCUT2D eigenvalue weighted by Crippen LogP contribution is -2.45. The standard InChI is InChI=1S/C16H24N4O/c17-12-16(10-15-18-13-21-19-15)6-8-20(9-7-16)11-14-4-2-1-3-5-14/h1-5H,6-13,17H2,(H,18,19). The second-order valence-corrected chi connectivity index (χ2v) is 6.12. The van der Waals surface area contributed by atoms with E-state index in [1.165, 1.54) is 5.56 Å². The first-order chi connectivity index (χ1) is 10.3. The molecular formula is C16H24N4O. The van der Waals surface area contributed by atoms with Crippen molar-refractivity contribution >= 4 is 5.84 Å². The number of piperidine rings is 1. The fourth-order valence-corrected chi connectivity index (χ4v) is 3.19. The number of aliphatic imine (C=N–C) groups is 1. The number of amidine groups is 1. The number of hydrogen-bond donors (Lipinski definition) is 2. The summed E-state index contributed by atoms with van der Waals surface area (Å²) in [6.45, 7) is 4.37. The number of nitrogens with zero attached hydrogens (tertiary/aromatic N) is 2. The van der Waals surface area contributed by atoms with Gasteiger partial charge in [0.25, 0.3) is 0 Å². The molecule has 5 nitrogen and oxygen atoms in total. The van der Waals surface area contributed by atoms with E-state index < -0.39 is 0 Å². The molecule has 0 radical (unpaired) electrons. The average molecular weight is 288 g/mol. The molecule has 21 heavy (non-hydrogen) atoms. The van der Waals surface area contributed by atoms with Gasteiger partial charge < -0.3 is 5.73 Å². The number of rotatable bonds is 5. The number of hydrogen-bond acceptors (Lipinski definition) is 5. The summed E-state index contributed by atoms with van der Waals surface area (Å²) in [4.78, 5) is 11.9. The zero-order chi connectivity index (χ0) is 14.5. The minimum atomic E-state index is 0.173. The van der Waals surface area contributed by atoms with Crippen LogP contribution in [0.25, 0.3) is 0 Å². The van der Waals surface area contributed by atoms with Crippen molar-refractivity contribution in [2.24, 2.45) is 16.1 Å². The summed E-state index contributed by atoms with van der Waals surface area (Å²) in [7, 11) is 0. The van der Waals surface area contributed by atoms with Gasteiger partial charge in [0.15, 0.2) is 6.73 Å². The molecule has 0 unspecified atom stereocenters. The van der Waals surface area contributed by atoms with Crippen molar-refractivity contribution in [1.82, 2.24) is 10.4 Å².